The van der Waals surface area contributed by atoms with Gasteiger partial charge in [-0.1, -0.05) is 60.5 Å². The summed E-state index contributed by atoms with van der Waals surface area (Å²) in [6.45, 7) is 5.51. The molecule has 0 N–H and O–H groups in total. The van der Waals surface area contributed by atoms with E-state index in [4.69, 9.17) is 23.2 Å². The molecule has 0 saturated carbocycles. The molecule has 3 rings (SSSR count). The van der Waals surface area contributed by atoms with Gasteiger partial charge in [-0.05, 0) is 54.1 Å². The summed E-state index contributed by atoms with van der Waals surface area (Å²) in [4.78, 5) is 31.1. The zero-order valence-corrected chi connectivity index (χ0v) is 20.5. The van der Waals surface area contributed by atoms with Crippen LogP contribution in [0.1, 0.15) is 39.7 Å². The van der Waals surface area contributed by atoms with E-state index in [1.54, 1.807) is 34.4 Å². The first-order valence-corrected chi connectivity index (χ1v) is 12.1. The summed E-state index contributed by atoms with van der Waals surface area (Å²) in [6, 6.07) is 16.7. The van der Waals surface area contributed by atoms with Crippen LogP contribution in [0.4, 0.5) is 0 Å². The Bertz CT molecular complexity index is 1070. The molecule has 168 valence electrons. The van der Waals surface area contributed by atoms with E-state index in [0.29, 0.717) is 35.2 Å². The van der Waals surface area contributed by atoms with Crippen LogP contribution in [0, 0.1) is 6.92 Å². The van der Waals surface area contributed by atoms with E-state index in [1.807, 2.05) is 54.5 Å². The SMILES string of the molecule is CCCN(CC(=O)N(Cc1ccccc1)Cc1sccc1C)C(=O)c1ccc(Cl)c(Cl)c1. The maximum atomic E-state index is 13.4. The lowest BCUT2D eigenvalue weighted by molar-refractivity contribution is -0.133. The molecular formula is C25H26Cl2N2O2S. The van der Waals surface area contributed by atoms with Crippen LogP contribution in [-0.4, -0.2) is 34.7 Å². The molecule has 0 spiro atoms. The Kier molecular flexibility index (Phi) is 8.74. The molecule has 0 saturated heterocycles. The van der Waals surface area contributed by atoms with Gasteiger partial charge in [-0.2, -0.15) is 0 Å². The van der Waals surface area contributed by atoms with Crippen molar-refractivity contribution in [1.29, 1.82) is 0 Å². The first kappa shape index (κ1) is 24.3. The highest BCUT2D eigenvalue weighted by molar-refractivity contribution is 7.10. The third-order valence-electron chi connectivity index (χ3n) is 5.15. The van der Waals surface area contributed by atoms with E-state index in [1.165, 1.54) is 0 Å². The van der Waals surface area contributed by atoms with Crippen molar-refractivity contribution >= 4 is 46.4 Å². The highest BCUT2D eigenvalue weighted by Crippen LogP contribution is 2.24. The monoisotopic (exact) mass is 488 g/mol. The van der Waals surface area contributed by atoms with Gasteiger partial charge in [-0.25, -0.2) is 0 Å². The van der Waals surface area contributed by atoms with E-state index in [-0.39, 0.29) is 18.4 Å². The van der Waals surface area contributed by atoms with Gasteiger partial charge in [0, 0.05) is 23.5 Å². The number of hydrogen-bond donors (Lipinski definition) is 0. The third kappa shape index (κ3) is 6.35. The Morgan fingerprint density at radius 3 is 2.31 bits per heavy atom. The van der Waals surface area contributed by atoms with Crippen LogP contribution in [-0.2, 0) is 17.9 Å². The molecule has 0 aliphatic heterocycles. The van der Waals surface area contributed by atoms with Crippen LogP contribution in [0.2, 0.25) is 10.0 Å². The van der Waals surface area contributed by atoms with Crippen molar-refractivity contribution in [2.45, 2.75) is 33.4 Å². The number of nitrogens with zero attached hydrogens (tertiary/aromatic N) is 2. The maximum Gasteiger partial charge on any atom is 0.254 e. The highest BCUT2D eigenvalue weighted by atomic mass is 35.5. The molecule has 2 aromatic carbocycles. The Morgan fingerprint density at radius 2 is 1.69 bits per heavy atom. The smallest absolute Gasteiger partial charge is 0.254 e. The molecular weight excluding hydrogens is 463 g/mol. The van der Waals surface area contributed by atoms with Crippen molar-refractivity contribution in [3.05, 3.63) is 91.6 Å². The van der Waals surface area contributed by atoms with Crippen molar-refractivity contribution in [1.82, 2.24) is 9.80 Å². The van der Waals surface area contributed by atoms with Crippen LogP contribution in [0.3, 0.4) is 0 Å². The summed E-state index contributed by atoms with van der Waals surface area (Å²) >= 11 is 13.7. The minimum atomic E-state index is -0.231. The Balaban J connectivity index is 1.81. The Labute approximate surface area is 203 Å². The van der Waals surface area contributed by atoms with Crippen molar-refractivity contribution in [3.63, 3.8) is 0 Å². The van der Waals surface area contributed by atoms with Crippen molar-refractivity contribution in [2.75, 3.05) is 13.1 Å². The van der Waals surface area contributed by atoms with E-state index in [0.717, 1.165) is 22.4 Å². The fourth-order valence-corrected chi connectivity index (χ4v) is 4.59. The summed E-state index contributed by atoms with van der Waals surface area (Å²) < 4.78 is 0. The van der Waals surface area contributed by atoms with Gasteiger partial charge < -0.3 is 9.80 Å². The van der Waals surface area contributed by atoms with Crippen LogP contribution in [0.15, 0.2) is 60.0 Å². The first-order valence-electron chi connectivity index (χ1n) is 10.5. The van der Waals surface area contributed by atoms with Crippen molar-refractivity contribution in [2.24, 2.45) is 0 Å². The van der Waals surface area contributed by atoms with Gasteiger partial charge >= 0.3 is 0 Å². The zero-order chi connectivity index (χ0) is 23.1. The molecule has 0 bridgehead atoms. The fourth-order valence-electron chi connectivity index (χ4n) is 3.37. The van der Waals surface area contributed by atoms with Crippen LogP contribution in [0.5, 0.6) is 0 Å². The number of carbonyl (C=O) groups is 2. The molecule has 1 aromatic heterocycles. The predicted octanol–water partition coefficient (Wildman–Crippen LogP) is 6.44. The number of aryl methyl sites for hydroxylation is 1. The summed E-state index contributed by atoms with van der Waals surface area (Å²) in [7, 11) is 0. The van der Waals surface area contributed by atoms with Crippen LogP contribution >= 0.6 is 34.5 Å². The summed E-state index contributed by atoms with van der Waals surface area (Å²) in [5, 5.41) is 2.74. The minimum absolute atomic E-state index is 0.00414. The van der Waals surface area contributed by atoms with E-state index >= 15 is 0 Å². The predicted molar refractivity (Wildman–Crippen MR) is 132 cm³/mol. The van der Waals surface area contributed by atoms with Gasteiger partial charge in [0.15, 0.2) is 0 Å². The van der Waals surface area contributed by atoms with Gasteiger partial charge in [0.2, 0.25) is 5.91 Å². The lowest BCUT2D eigenvalue weighted by Crippen LogP contribution is -2.42. The molecule has 0 fully saturated rings. The van der Waals surface area contributed by atoms with Gasteiger partial charge in [0.25, 0.3) is 5.91 Å². The standard InChI is InChI=1S/C25H26Cl2N2O2S/c1-3-12-28(25(31)20-9-10-21(26)22(27)14-20)17-24(30)29(15-19-7-5-4-6-8-19)16-23-18(2)11-13-32-23/h4-11,13-14H,3,12,15-17H2,1-2H3. The van der Waals surface area contributed by atoms with E-state index in [9.17, 15) is 9.59 Å². The normalized spacial score (nSPS) is 10.8. The van der Waals surface area contributed by atoms with Crippen molar-refractivity contribution in [3.8, 4) is 0 Å². The molecule has 0 unspecified atom stereocenters. The molecule has 32 heavy (non-hydrogen) atoms. The fraction of sp³-hybridized carbons (Fsp3) is 0.280. The number of amides is 2. The Morgan fingerprint density at radius 1 is 0.938 bits per heavy atom. The van der Waals surface area contributed by atoms with Crippen LogP contribution < -0.4 is 0 Å². The highest BCUT2D eigenvalue weighted by Gasteiger charge is 2.23. The third-order valence-corrected chi connectivity index (χ3v) is 6.89. The second kappa shape index (κ2) is 11.5. The van der Waals surface area contributed by atoms with E-state index < -0.39 is 0 Å². The summed E-state index contributed by atoms with van der Waals surface area (Å²) in [5.74, 6) is -0.325. The molecule has 7 heteroatoms. The van der Waals surface area contributed by atoms with Crippen molar-refractivity contribution < 1.29 is 9.59 Å². The molecule has 3 aromatic rings. The minimum Gasteiger partial charge on any atom is -0.332 e. The molecule has 0 radical (unpaired) electrons. The lowest BCUT2D eigenvalue weighted by Gasteiger charge is -2.28. The first-order chi connectivity index (χ1) is 15.4. The van der Waals surface area contributed by atoms with Gasteiger partial charge in [0.1, 0.15) is 6.54 Å². The molecule has 4 nitrogen and oxygen atoms in total. The maximum absolute atomic E-state index is 13.4. The second-order valence-electron chi connectivity index (χ2n) is 7.62. The lowest BCUT2D eigenvalue weighted by atomic mass is 10.1. The molecule has 0 aliphatic rings. The van der Waals surface area contributed by atoms with Crippen LogP contribution in [0.25, 0.3) is 0 Å². The molecule has 0 aliphatic carbocycles. The largest absolute Gasteiger partial charge is 0.332 e. The zero-order valence-electron chi connectivity index (χ0n) is 18.2. The second-order valence-corrected chi connectivity index (χ2v) is 9.43. The quantitative estimate of drug-likeness (QED) is 0.347. The molecule has 2 amide bonds. The summed E-state index contributed by atoms with van der Waals surface area (Å²) in [6.07, 6.45) is 0.739. The number of hydrogen-bond acceptors (Lipinski definition) is 3. The van der Waals surface area contributed by atoms with Gasteiger partial charge in [0.05, 0.1) is 16.6 Å². The number of rotatable bonds is 9. The van der Waals surface area contributed by atoms with E-state index in [2.05, 4.69) is 6.07 Å². The topological polar surface area (TPSA) is 40.6 Å². The van der Waals surface area contributed by atoms with Gasteiger partial charge in [-0.15, -0.1) is 11.3 Å². The average molecular weight is 489 g/mol. The number of carbonyl (C=O) groups excluding carboxylic acids is 2. The average Bonchev–Trinajstić information content (AvgIpc) is 3.19. The number of thiophene rings is 1. The molecule has 1 heterocycles. The molecule has 0 atom stereocenters. The Hall–Kier alpha value is -2.34. The number of halogens is 2. The number of benzene rings is 2. The van der Waals surface area contributed by atoms with Gasteiger partial charge in [-0.3, -0.25) is 9.59 Å². The summed E-state index contributed by atoms with van der Waals surface area (Å²) in [5.41, 5.74) is 2.63.